The van der Waals surface area contributed by atoms with Gasteiger partial charge in [0.2, 0.25) is 0 Å². The van der Waals surface area contributed by atoms with Crippen molar-refractivity contribution in [3.8, 4) is 0 Å². The van der Waals surface area contributed by atoms with Gasteiger partial charge >= 0.3 is 6.18 Å². The van der Waals surface area contributed by atoms with E-state index >= 15 is 0 Å². The van der Waals surface area contributed by atoms with Crippen LogP contribution in [0.4, 0.5) is 13.2 Å². The number of alkyl halides is 3. The summed E-state index contributed by atoms with van der Waals surface area (Å²) in [5.41, 5.74) is 1.37. The highest BCUT2D eigenvalue weighted by Crippen LogP contribution is 2.25. The lowest BCUT2D eigenvalue weighted by Crippen LogP contribution is -2.16. The Morgan fingerprint density at radius 3 is 2.75 bits per heavy atom. The van der Waals surface area contributed by atoms with E-state index in [1.54, 1.807) is 16.8 Å². The Morgan fingerprint density at radius 1 is 1.31 bits per heavy atom. The number of halogens is 3. The molecule has 0 aromatic carbocycles. The molecule has 0 atom stereocenters. The van der Waals surface area contributed by atoms with Crippen LogP contribution in [-0.2, 0) is 13.0 Å². The molecule has 0 bridgehead atoms. The fraction of sp³-hybridized carbons (Fsp3) is 0.545. The first kappa shape index (κ1) is 11.2. The second kappa shape index (κ2) is 3.96. The van der Waals surface area contributed by atoms with Crippen LogP contribution in [-0.4, -0.2) is 16.5 Å². The van der Waals surface area contributed by atoms with Gasteiger partial charge in [0, 0.05) is 30.4 Å². The smallest absolute Gasteiger partial charge is 0.350 e. The molecule has 0 amide bonds. The molecule has 0 unspecified atom stereocenters. The molecule has 1 heterocycles. The Kier molecular flexibility index (Phi) is 2.78. The molecule has 2 nitrogen and oxygen atoms in total. The fourth-order valence-electron chi connectivity index (χ4n) is 2.05. The molecule has 0 fully saturated rings. The fourth-order valence-corrected chi connectivity index (χ4v) is 2.05. The zero-order valence-corrected chi connectivity index (χ0v) is 8.68. The minimum atomic E-state index is -4.14. The number of carbonyl (C=O) groups excluding carboxylic acids is 1. The van der Waals surface area contributed by atoms with Gasteiger partial charge in [-0.25, -0.2) is 0 Å². The van der Waals surface area contributed by atoms with Crippen molar-refractivity contribution in [1.29, 1.82) is 0 Å². The molecule has 0 saturated carbocycles. The Hall–Kier alpha value is -1.26. The molecule has 5 heteroatoms. The van der Waals surface area contributed by atoms with Gasteiger partial charge in [-0.3, -0.25) is 4.79 Å². The van der Waals surface area contributed by atoms with Crippen LogP contribution in [0, 0.1) is 0 Å². The predicted molar refractivity (Wildman–Crippen MR) is 52.4 cm³/mol. The maximum atomic E-state index is 12.1. The lowest BCUT2D eigenvalue weighted by Gasteiger charge is -2.15. The standard InChI is InChI=1S/C11H12F3NO/c12-11(13,14)5-7-15-6-4-8-9(15)2-1-3-10(8)16/h4,6H,1-3,5,7H2. The number of carbonyl (C=O) groups is 1. The van der Waals surface area contributed by atoms with E-state index in [4.69, 9.17) is 0 Å². The minimum absolute atomic E-state index is 0.0482. The minimum Gasteiger partial charge on any atom is -0.350 e. The predicted octanol–water partition coefficient (Wildman–Crippen LogP) is 2.96. The maximum absolute atomic E-state index is 12.1. The second-order valence-corrected chi connectivity index (χ2v) is 4.01. The van der Waals surface area contributed by atoms with Gasteiger partial charge in [-0.05, 0) is 18.9 Å². The molecule has 1 aromatic rings. The van der Waals surface area contributed by atoms with Crippen molar-refractivity contribution in [2.75, 3.05) is 0 Å². The van der Waals surface area contributed by atoms with Crippen LogP contribution in [0.1, 0.15) is 35.3 Å². The molecule has 0 radical (unpaired) electrons. The molecular weight excluding hydrogens is 219 g/mol. The summed E-state index contributed by atoms with van der Waals surface area (Å²) in [6, 6.07) is 1.63. The number of hydrogen-bond acceptors (Lipinski definition) is 1. The largest absolute Gasteiger partial charge is 0.390 e. The Balaban J connectivity index is 2.14. The van der Waals surface area contributed by atoms with Crippen molar-refractivity contribution in [1.82, 2.24) is 4.57 Å². The first-order valence-electron chi connectivity index (χ1n) is 5.25. The summed E-state index contributed by atoms with van der Waals surface area (Å²) < 4.78 is 37.8. The normalized spacial score (nSPS) is 16.3. The molecule has 88 valence electrons. The Morgan fingerprint density at radius 2 is 2.06 bits per heavy atom. The van der Waals surface area contributed by atoms with Crippen LogP contribution in [0.2, 0.25) is 0 Å². The van der Waals surface area contributed by atoms with E-state index in [1.165, 1.54) is 0 Å². The molecule has 1 aromatic heterocycles. The number of nitrogens with zero attached hydrogens (tertiary/aromatic N) is 1. The van der Waals surface area contributed by atoms with Gasteiger partial charge in [-0.1, -0.05) is 0 Å². The van der Waals surface area contributed by atoms with E-state index in [-0.39, 0.29) is 12.3 Å². The highest BCUT2D eigenvalue weighted by molar-refractivity contribution is 5.98. The third-order valence-corrected chi connectivity index (χ3v) is 2.83. The molecule has 0 spiro atoms. The topological polar surface area (TPSA) is 22.0 Å². The van der Waals surface area contributed by atoms with Crippen molar-refractivity contribution in [2.24, 2.45) is 0 Å². The SMILES string of the molecule is O=C1CCCc2c1ccn2CCC(F)(F)F. The van der Waals surface area contributed by atoms with Gasteiger partial charge in [0.25, 0.3) is 0 Å². The highest BCUT2D eigenvalue weighted by Gasteiger charge is 2.28. The molecular formula is C11H12F3NO. The molecule has 0 saturated heterocycles. The zero-order valence-electron chi connectivity index (χ0n) is 8.68. The molecule has 1 aliphatic carbocycles. The number of ketones is 1. The summed E-state index contributed by atoms with van der Waals surface area (Å²) in [6.07, 6.45) is -1.46. The van der Waals surface area contributed by atoms with Crippen LogP contribution in [0.3, 0.4) is 0 Å². The first-order valence-corrected chi connectivity index (χ1v) is 5.25. The summed E-state index contributed by atoms with van der Waals surface area (Å²) in [5, 5.41) is 0. The van der Waals surface area contributed by atoms with Gasteiger partial charge < -0.3 is 4.57 Å². The second-order valence-electron chi connectivity index (χ2n) is 4.01. The summed E-state index contributed by atoms with van der Waals surface area (Å²) in [5.74, 6) is 0.0482. The van der Waals surface area contributed by atoms with Crippen molar-refractivity contribution in [3.05, 3.63) is 23.5 Å². The lowest BCUT2D eigenvalue weighted by atomic mass is 9.97. The quantitative estimate of drug-likeness (QED) is 0.767. The monoisotopic (exact) mass is 231 g/mol. The average Bonchev–Trinajstić information content (AvgIpc) is 2.58. The summed E-state index contributed by atoms with van der Waals surface area (Å²) >= 11 is 0. The van der Waals surface area contributed by atoms with E-state index in [1.807, 2.05) is 0 Å². The third-order valence-electron chi connectivity index (χ3n) is 2.83. The zero-order chi connectivity index (χ0) is 11.8. The van der Waals surface area contributed by atoms with E-state index in [2.05, 4.69) is 0 Å². The van der Waals surface area contributed by atoms with E-state index in [9.17, 15) is 18.0 Å². The number of fused-ring (bicyclic) bond motifs is 1. The maximum Gasteiger partial charge on any atom is 0.390 e. The number of Topliss-reactive ketones (excluding diaryl/α,β-unsaturated/α-hetero) is 1. The van der Waals surface area contributed by atoms with Crippen molar-refractivity contribution in [3.63, 3.8) is 0 Å². The van der Waals surface area contributed by atoms with Crippen LogP contribution in [0.5, 0.6) is 0 Å². The van der Waals surface area contributed by atoms with Gasteiger partial charge in [0.15, 0.2) is 5.78 Å². The molecule has 0 aliphatic heterocycles. The van der Waals surface area contributed by atoms with Crippen molar-refractivity contribution < 1.29 is 18.0 Å². The molecule has 1 aliphatic rings. The van der Waals surface area contributed by atoms with Crippen LogP contribution < -0.4 is 0 Å². The third kappa shape index (κ3) is 2.28. The Bertz CT molecular complexity index is 406. The molecule has 0 N–H and O–H groups in total. The molecule has 2 rings (SSSR count). The summed E-state index contributed by atoms with van der Waals surface area (Å²) in [6.45, 7) is -0.0912. The van der Waals surface area contributed by atoms with Crippen LogP contribution >= 0.6 is 0 Å². The van der Waals surface area contributed by atoms with Gasteiger partial charge in [0.1, 0.15) is 0 Å². The van der Waals surface area contributed by atoms with Gasteiger partial charge in [-0.2, -0.15) is 13.2 Å². The summed E-state index contributed by atoms with van der Waals surface area (Å²) in [4.78, 5) is 11.5. The van der Waals surface area contributed by atoms with E-state index in [0.717, 1.165) is 12.1 Å². The Labute approximate surface area is 91.1 Å². The van der Waals surface area contributed by atoms with E-state index in [0.29, 0.717) is 18.4 Å². The van der Waals surface area contributed by atoms with Crippen molar-refractivity contribution >= 4 is 5.78 Å². The highest BCUT2D eigenvalue weighted by atomic mass is 19.4. The van der Waals surface area contributed by atoms with Gasteiger partial charge in [-0.15, -0.1) is 0 Å². The average molecular weight is 231 g/mol. The van der Waals surface area contributed by atoms with E-state index < -0.39 is 12.6 Å². The number of hydrogen-bond donors (Lipinski definition) is 0. The summed E-state index contributed by atoms with van der Waals surface area (Å²) in [7, 11) is 0. The van der Waals surface area contributed by atoms with Crippen LogP contribution in [0.25, 0.3) is 0 Å². The van der Waals surface area contributed by atoms with Crippen molar-refractivity contribution in [2.45, 2.75) is 38.4 Å². The number of aromatic nitrogens is 1. The van der Waals surface area contributed by atoms with Crippen LogP contribution in [0.15, 0.2) is 12.3 Å². The molecule has 16 heavy (non-hydrogen) atoms. The first-order chi connectivity index (χ1) is 7.47. The number of aryl methyl sites for hydroxylation is 1. The number of rotatable bonds is 2. The van der Waals surface area contributed by atoms with Gasteiger partial charge in [0.05, 0.1) is 6.42 Å². The lowest BCUT2D eigenvalue weighted by molar-refractivity contribution is -0.136.